The fourth-order valence-electron chi connectivity index (χ4n) is 2.08. The third kappa shape index (κ3) is 2.90. The number of Topliss-reactive ketones (excluding diaryl/α,β-unsaturated/α-hetero) is 1. The Kier molecular flexibility index (Phi) is 3.86. The number of methoxy groups -OCH3 is 1. The largest absolute Gasteiger partial charge is 0.380 e. The molecule has 1 aromatic rings. The van der Waals surface area contributed by atoms with Gasteiger partial charge in [-0.25, -0.2) is 4.39 Å². The first kappa shape index (κ1) is 12.2. The molecule has 2 unspecified atom stereocenters. The smallest absolute Gasteiger partial charge is 0.154 e. The fourth-order valence-corrected chi connectivity index (χ4v) is 2.08. The summed E-state index contributed by atoms with van der Waals surface area (Å²) in [6.45, 7) is 0.685. The standard InChI is InChI=1S/C13H16FNO2/c1-17-10-7-12(15-8-10)13(16)6-9-4-2-3-5-11(9)14/h2-5,10,12,15H,6-8H2,1H3. The van der Waals surface area contributed by atoms with E-state index < -0.39 is 0 Å². The molecule has 2 atom stereocenters. The SMILES string of the molecule is COC1CNC(C(=O)Cc2ccccc2F)C1. The van der Waals surface area contributed by atoms with Gasteiger partial charge >= 0.3 is 0 Å². The zero-order valence-corrected chi connectivity index (χ0v) is 9.78. The Hall–Kier alpha value is -1.26. The molecule has 1 N–H and O–H groups in total. The van der Waals surface area contributed by atoms with Crippen LogP contribution in [0, 0.1) is 5.82 Å². The summed E-state index contributed by atoms with van der Waals surface area (Å²) in [7, 11) is 1.63. The van der Waals surface area contributed by atoms with Crippen molar-refractivity contribution in [2.75, 3.05) is 13.7 Å². The summed E-state index contributed by atoms with van der Waals surface area (Å²) in [5.41, 5.74) is 0.458. The molecular formula is C13H16FNO2. The number of carbonyl (C=O) groups is 1. The Morgan fingerprint density at radius 1 is 1.53 bits per heavy atom. The Labute approximate surface area is 100.0 Å². The maximum absolute atomic E-state index is 13.4. The second-order valence-corrected chi connectivity index (χ2v) is 4.29. The Morgan fingerprint density at radius 2 is 2.29 bits per heavy atom. The van der Waals surface area contributed by atoms with E-state index in [0.29, 0.717) is 18.5 Å². The van der Waals surface area contributed by atoms with Crippen molar-refractivity contribution in [3.8, 4) is 0 Å². The van der Waals surface area contributed by atoms with Crippen LogP contribution in [-0.2, 0) is 16.0 Å². The Balaban J connectivity index is 1.96. The first-order chi connectivity index (χ1) is 8.20. The Morgan fingerprint density at radius 3 is 2.94 bits per heavy atom. The van der Waals surface area contributed by atoms with E-state index in [0.717, 1.165) is 0 Å². The summed E-state index contributed by atoms with van der Waals surface area (Å²) in [5.74, 6) is -0.295. The van der Waals surface area contributed by atoms with Crippen molar-refractivity contribution < 1.29 is 13.9 Å². The van der Waals surface area contributed by atoms with E-state index in [1.165, 1.54) is 6.07 Å². The lowest BCUT2D eigenvalue weighted by molar-refractivity contribution is -0.120. The molecule has 0 radical (unpaired) electrons. The van der Waals surface area contributed by atoms with Crippen molar-refractivity contribution in [3.05, 3.63) is 35.6 Å². The van der Waals surface area contributed by atoms with Gasteiger partial charge in [0, 0.05) is 20.1 Å². The summed E-state index contributed by atoms with van der Waals surface area (Å²) in [5, 5.41) is 3.10. The number of benzene rings is 1. The quantitative estimate of drug-likeness (QED) is 0.858. The highest BCUT2D eigenvalue weighted by Crippen LogP contribution is 2.14. The molecule has 1 heterocycles. The van der Waals surface area contributed by atoms with E-state index in [1.54, 1.807) is 25.3 Å². The molecule has 0 spiro atoms. The van der Waals surface area contributed by atoms with Gasteiger partial charge in [-0.3, -0.25) is 4.79 Å². The van der Waals surface area contributed by atoms with E-state index >= 15 is 0 Å². The predicted molar refractivity (Wildman–Crippen MR) is 62.3 cm³/mol. The minimum atomic E-state index is -0.317. The van der Waals surface area contributed by atoms with Gasteiger partial charge in [0.1, 0.15) is 5.82 Å². The molecule has 0 amide bonds. The van der Waals surface area contributed by atoms with Gasteiger partial charge in [0.2, 0.25) is 0 Å². The van der Waals surface area contributed by atoms with Gasteiger partial charge in [0.05, 0.1) is 12.1 Å². The lowest BCUT2D eigenvalue weighted by Crippen LogP contribution is -2.32. The maximum atomic E-state index is 13.4. The van der Waals surface area contributed by atoms with Crippen LogP contribution in [0.5, 0.6) is 0 Å². The van der Waals surface area contributed by atoms with Crippen LogP contribution in [0.1, 0.15) is 12.0 Å². The molecule has 1 aromatic carbocycles. The second kappa shape index (κ2) is 5.38. The van der Waals surface area contributed by atoms with E-state index in [4.69, 9.17) is 4.74 Å². The second-order valence-electron chi connectivity index (χ2n) is 4.29. The minimum absolute atomic E-state index is 0.0228. The van der Waals surface area contributed by atoms with Crippen LogP contribution >= 0.6 is 0 Å². The van der Waals surface area contributed by atoms with E-state index in [1.807, 2.05) is 0 Å². The normalized spacial score (nSPS) is 23.9. The molecule has 2 rings (SSSR count). The van der Waals surface area contributed by atoms with Gasteiger partial charge in [-0.1, -0.05) is 18.2 Å². The van der Waals surface area contributed by atoms with Gasteiger partial charge in [0.15, 0.2) is 5.78 Å². The first-order valence-corrected chi connectivity index (χ1v) is 5.73. The number of nitrogens with one attached hydrogen (secondary N) is 1. The molecule has 1 fully saturated rings. The number of ether oxygens (including phenoxy) is 1. The van der Waals surface area contributed by atoms with Crippen molar-refractivity contribution in [1.29, 1.82) is 0 Å². The third-order valence-electron chi connectivity index (χ3n) is 3.14. The summed E-state index contributed by atoms with van der Waals surface area (Å²) in [6, 6.07) is 6.18. The van der Waals surface area contributed by atoms with Crippen LogP contribution in [0.2, 0.25) is 0 Å². The van der Waals surface area contributed by atoms with Crippen molar-refractivity contribution in [2.24, 2.45) is 0 Å². The number of hydrogen-bond donors (Lipinski definition) is 1. The summed E-state index contributed by atoms with van der Waals surface area (Å²) >= 11 is 0. The van der Waals surface area contributed by atoms with Crippen LogP contribution in [0.15, 0.2) is 24.3 Å². The molecule has 92 valence electrons. The van der Waals surface area contributed by atoms with Crippen LogP contribution in [0.4, 0.5) is 4.39 Å². The number of carbonyl (C=O) groups excluding carboxylic acids is 1. The summed E-state index contributed by atoms with van der Waals surface area (Å²) in [6.07, 6.45) is 0.898. The highest BCUT2D eigenvalue weighted by Gasteiger charge is 2.29. The molecule has 0 aromatic heterocycles. The average molecular weight is 237 g/mol. The van der Waals surface area contributed by atoms with Crippen LogP contribution in [0.3, 0.4) is 0 Å². The third-order valence-corrected chi connectivity index (χ3v) is 3.14. The summed E-state index contributed by atoms with van der Waals surface area (Å²) < 4.78 is 18.6. The highest BCUT2D eigenvalue weighted by atomic mass is 19.1. The molecule has 17 heavy (non-hydrogen) atoms. The number of hydrogen-bond acceptors (Lipinski definition) is 3. The average Bonchev–Trinajstić information content (AvgIpc) is 2.81. The van der Waals surface area contributed by atoms with Crippen LogP contribution in [0.25, 0.3) is 0 Å². The van der Waals surface area contributed by atoms with E-state index in [-0.39, 0.29) is 30.2 Å². The van der Waals surface area contributed by atoms with Gasteiger partial charge in [0.25, 0.3) is 0 Å². The van der Waals surface area contributed by atoms with Crippen LogP contribution in [-0.4, -0.2) is 31.6 Å². The number of halogens is 1. The first-order valence-electron chi connectivity index (χ1n) is 5.73. The van der Waals surface area contributed by atoms with Gasteiger partial charge < -0.3 is 10.1 Å². The summed E-state index contributed by atoms with van der Waals surface area (Å²) in [4.78, 5) is 11.9. The highest BCUT2D eigenvalue weighted by molar-refractivity contribution is 5.86. The van der Waals surface area contributed by atoms with Crippen molar-refractivity contribution in [1.82, 2.24) is 5.32 Å². The topological polar surface area (TPSA) is 38.3 Å². The predicted octanol–water partition coefficient (Wildman–Crippen LogP) is 1.31. The molecular weight excluding hydrogens is 221 g/mol. The van der Waals surface area contributed by atoms with Crippen molar-refractivity contribution in [2.45, 2.75) is 25.0 Å². The number of rotatable bonds is 4. The Bertz CT molecular complexity index is 408. The number of ketones is 1. The lowest BCUT2D eigenvalue weighted by Gasteiger charge is -2.09. The molecule has 0 saturated carbocycles. The molecule has 1 saturated heterocycles. The molecule has 1 aliphatic heterocycles. The van der Waals surface area contributed by atoms with E-state index in [2.05, 4.69) is 5.32 Å². The van der Waals surface area contributed by atoms with Gasteiger partial charge in [-0.15, -0.1) is 0 Å². The minimum Gasteiger partial charge on any atom is -0.380 e. The molecule has 0 aliphatic carbocycles. The molecule has 4 heteroatoms. The monoisotopic (exact) mass is 237 g/mol. The molecule has 3 nitrogen and oxygen atoms in total. The zero-order valence-electron chi connectivity index (χ0n) is 9.78. The van der Waals surface area contributed by atoms with Gasteiger partial charge in [-0.2, -0.15) is 0 Å². The molecule has 1 aliphatic rings. The zero-order chi connectivity index (χ0) is 12.3. The van der Waals surface area contributed by atoms with E-state index in [9.17, 15) is 9.18 Å². The maximum Gasteiger partial charge on any atom is 0.154 e. The lowest BCUT2D eigenvalue weighted by atomic mass is 10.0. The van der Waals surface area contributed by atoms with Crippen LogP contribution < -0.4 is 5.32 Å². The fraction of sp³-hybridized carbons (Fsp3) is 0.462. The molecule has 0 bridgehead atoms. The van der Waals surface area contributed by atoms with Crippen molar-refractivity contribution in [3.63, 3.8) is 0 Å². The van der Waals surface area contributed by atoms with Gasteiger partial charge in [-0.05, 0) is 18.1 Å². The van der Waals surface area contributed by atoms with Crippen molar-refractivity contribution >= 4 is 5.78 Å².